The monoisotopic (exact) mass is 240 g/mol. The maximum absolute atomic E-state index is 9.23. The van der Waals surface area contributed by atoms with Crippen LogP contribution in [0.4, 0.5) is 0 Å². The topological polar surface area (TPSA) is 67.5 Å². The Hall–Kier alpha value is -1.08. The standard InChI is InChI=1S/C9H10BClN2O3/c1-16-5-13-8(10(14)15)4-6-7(11)2-3-12-9(6)13/h2-4,14-15H,5H2,1H3. The van der Waals surface area contributed by atoms with Gasteiger partial charge < -0.3 is 19.4 Å². The molecule has 0 unspecified atom stereocenters. The third-order valence-electron chi connectivity index (χ3n) is 2.30. The highest BCUT2D eigenvalue weighted by molar-refractivity contribution is 6.58. The van der Waals surface area contributed by atoms with Gasteiger partial charge in [0, 0.05) is 18.7 Å². The Balaban J connectivity index is 2.70. The van der Waals surface area contributed by atoms with Gasteiger partial charge in [0.1, 0.15) is 12.4 Å². The van der Waals surface area contributed by atoms with Crippen LogP contribution in [0, 0.1) is 0 Å². The van der Waals surface area contributed by atoms with E-state index >= 15 is 0 Å². The fourth-order valence-corrected chi connectivity index (χ4v) is 1.81. The molecule has 0 radical (unpaired) electrons. The van der Waals surface area contributed by atoms with Gasteiger partial charge in [0.05, 0.1) is 10.6 Å². The molecule has 5 nitrogen and oxygen atoms in total. The molecule has 0 saturated heterocycles. The van der Waals surface area contributed by atoms with Crippen LogP contribution in [0.3, 0.4) is 0 Å². The third-order valence-corrected chi connectivity index (χ3v) is 2.63. The summed E-state index contributed by atoms with van der Waals surface area (Å²) in [5, 5.41) is 19.6. The zero-order valence-corrected chi connectivity index (χ0v) is 9.35. The summed E-state index contributed by atoms with van der Waals surface area (Å²) in [7, 11) is -0.0652. The summed E-state index contributed by atoms with van der Waals surface area (Å²) in [5.74, 6) is 0. The van der Waals surface area contributed by atoms with E-state index < -0.39 is 7.12 Å². The lowest BCUT2D eigenvalue weighted by atomic mass is 9.86. The first-order chi connectivity index (χ1) is 7.65. The van der Waals surface area contributed by atoms with E-state index in [1.54, 1.807) is 22.9 Å². The SMILES string of the molecule is COCn1c(B(O)O)cc2c(Cl)ccnc21. The van der Waals surface area contributed by atoms with E-state index in [2.05, 4.69) is 4.98 Å². The van der Waals surface area contributed by atoms with Gasteiger partial charge in [0.15, 0.2) is 0 Å². The van der Waals surface area contributed by atoms with Crippen molar-refractivity contribution in [2.45, 2.75) is 6.73 Å². The van der Waals surface area contributed by atoms with Crippen molar-refractivity contribution in [3.63, 3.8) is 0 Å². The minimum atomic E-state index is -1.58. The summed E-state index contributed by atoms with van der Waals surface area (Å²) in [5.41, 5.74) is 0.870. The Morgan fingerprint density at radius 3 is 2.94 bits per heavy atom. The summed E-state index contributed by atoms with van der Waals surface area (Å²) in [6.45, 7) is 0.184. The van der Waals surface area contributed by atoms with Gasteiger partial charge in [-0.15, -0.1) is 0 Å². The second-order valence-corrected chi connectivity index (χ2v) is 3.73. The number of methoxy groups -OCH3 is 1. The molecule has 7 heteroatoms. The quantitative estimate of drug-likeness (QED) is 0.740. The average Bonchev–Trinajstić information content (AvgIpc) is 2.60. The van der Waals surface area contributed by atoms with E-state index in [0.717, 1.165) is 0 Å². The van der Waals surface area contributed by atoms with Crippen LogP contribution < -0.4 is 5.59 Å². The molecule has 2 rings (SSSR count). The number of pyridine rings is 1. The smallest absolute Gasteiger partial charge is 0.422 e. The van der Waals surface area contributed by atoms with Crippen LogP contribution in [0.1, 0.15) is 0 Å². The molecule has 0 aliphatic rings. The molecule has 0 aromatic carbocycles. The summed E-state index contributed by atoms with van der Waals surface area (Å²) < 4.78 is 6.54. The molecule has 2 N–H and O–H groups in total. The molecule has 2 heterocycles. The van der Waals surface area contributed by atoms with Crippen molar-refractivity contribution >= 4 is 35.3 Å². The number of fused-ring (bicyclic) bond motifs is 1. The molecule has 0 amide bonds. The van der Waals surface area contributed by atoms with Gasteiger partial charge in [-0.05, 0) is 12.1 Å². The Bertz CT molecular complexity index is 515. The second-order valence-electron chi connectivity index (χ2n) is 3.32. The van der Waals surface area contributed by atoms with Crippen molar-refractivity contribution in [1.82, 2.24) is 9.55 Å². The largest absolute Gasteiger partial charge is 0.506 e. The lowest BCUT2D eigenvalue weighted by Crippen LogP contribution is -2.36. The number of hydrogen-bond acceptors (Lipinski definition) is 4. The van der Waals surface area contributed by atoms with Crippen LogP contribution in [0.5, 0.6) is 0 Å². The number of halogens is 1. The van der Waals surface area contributed by atoms with Gasteiger partial charge in [-0.25, -0.2) is 4.98 Å². The molecule has 16 heavy (non-hydrogen) atoms. The van der Waals surface area contributed by atoms with Crippen LogP contribution >= 0.6 is 11.6 Å². The molecule has 0 atom stereocenters. The summed E-state index contributed by atoms with van der Waals surface area (Å²) in [4.78, 5) is 4.14. The van der Waals surface area contributed by atoms with Gasteiger partial charge in [-0.3, -0.25) is 0 Å². The number of aromatic nitrogens is 2. The molecular weight excluding hydrogens is 230 g/mol. The lowest BCUT2D eigenvalue weighted by Gasteiger charge is -2.07. The first kappa shape index (κ1) is 11.4. The second kappa shape index (κ2) is 4.43. The molecule has 2 aromatic heterocycles. The third kappa shape index (κ3) is 1.80. The predicted octanol–water partition coefficient (Wildman–Crippen LogP) is -0.0266. The maximum atomic E-state index is 9.23. The van der Waals surface area contributed by atoms with E-state index in [-0.39, 0.29) is 6.73 Å². The molecule has 2 aromatic rings. The molecule has 0 aliphatic carbocycles. The Morgan fingerprint density at radius 2 is 2.31 bits per heavy atom. The fourth-order valence-electron chi connectivity index (χ4n) is 1.61. The molecule has 84 valence electrons. The molecule has 0 aliphatic heterocycles. The van der Waals surface area contributed by atoms with Crippen LogP contribution in [0.15, 0.2) is 18.3 Å². The molecule has 0 bridgehead atoms. The van der Waals surface area contributed by atoms with Gasteiger partial charge in [0.25, 0.3) is 0 Å². The van der Waals surface area contributed by atoms with Crippen molar-refractivity contribution in [2.75, 3.05) is 7.11 Å². The van der Waals surface area contributed by atoms with Crippen LogP contribution in [-0.4, -0.2) is 33.8 Å². The predicted molar refractivity (Wildman–Crippen MR) is 61.6 cm³/mol. The van der Waals surface area contributed by atoms with Crippen molar-refractivity contribution < 1.29 is 14.8 Å². The first-order valence-electron chi connectivity index (χ1n) is 4.64. The van der Waals surface area contributed by atoms with Crippen molar-refractivity contribution in [3.8, 4) is 0 Å². The van der Waals surface area contributed by atoms with Gasteiger partial charge >= 0.3 is 7.12 Å². The fraction of sp³-hybridized carbons (Fsp3) is 0.222. The van der Waals surface area contributed by atoms with Crippen molar-refractivity contribution in [3.05, 3.63) is 23.4 Å². The van der Waals surface area contributed by atoms with Gasteiger partial charge in [-0.2, -0.15) is 0 Å². The first-order valence-corrected chi connectivity index (χ1v) is 5.01. The van der Waals surface area contributed by atoms with Crippen molar-refractivity contribution in [2.24, 2.45) is 0 Å². The maximum Gasteiger partial charge on any atom is 0.506 e. The number of hydrogen-bond donors (Lipinski definition) is 2. The molecule has 0 fully saturated rings. The van der Waals surface area contributed by atoms with Gasteiger partial charge in [-0.1, -0.05) is 11.6 Å². The summed E-state index contributed by atoms with van der Waals surface area (Å²) >= 11 is 5.99. The molecule has 0 saturated carbocycles. The highest BCUT2D eigenvalue weighted by Crippen LogP contribution is 2.21. The Labute approximate surface area is 97.4 Å². The lowest BCUT2D eigenvalue weighted by molar-refractivity contribution is 0.136. The number of rotatable bonds is 3. The summed E-state index contributed by atoms with van der Waals surface area (Å²) in [6, 6.07) is 3.24. The van der Waals surface area contributed by atoms with Crippen LogP contribution in [-0.2, 0) is 11.5 Å². The minimum Gasteiger partial charge on any atom is -0.422 e. The average molecular weight is 240 g/mol. The molecule has 0 spiro atoms. The zero-order chi connectivity index (χ0) is 11.7. The van der Waals surface area contributed by atoms with Crippen molar-refractivity contribution in [1.29, 1.82) is 0 Å². The van der Waals surface area contributed by atoms with Crippen LogP contribution in [0.2, 0.25) is 5.02 Å². The van der Waals surface area contributed by atoms with E-state index in [0.29, 0.717) is 21.6 Å². The van der Waals surface area contributed by atoms with E-state index in [1.807, 2.05) is 0 Å². The normalized spacial score (nSPS) is 11.0. The molecular formula is C9H10BClN2O3. The highest BCUT2D eigenvalue weighted by Gasteiger charge is 2.20. The Morgan fingerprint density at radius 1 is 1.56 bits per heavy atom. The Kier molecular flexibility index (Phi) is 3.16. The van der Waals surface area contributed by atoms with Crippen LogP contribution in [0.25, 0.3) is 11.0 Å². The van der Waals surface area contributed by atoms with Gasteiger partial charge in [0.2, 0.25) is 0 Å². The van der Waals surface area contributed by atoms with E-state index in [4.69, 9.17) is 16.3 Å². The minimum absolute atomic E-state index is 0.184. The summed E-state index contributed by atoms with van der Waals surface area (Å²) in [6.07, 6.45) is 1.56. The highest BCUT2D eigenvalue weighted by atomic mass is 35.5. The van der Waals surface area contributed by atoms with E-state index in [9.17, 15) is 10.0 Å². The van der Waals surface area contributed by atoms with E-state index in [1.165, 1.54) is 7.11 Å². The zero-order valence-electron chi connectivity index (χ0n) is 8.59. The number of ether oxygens (including phenoxy) is 1. The number of nitrogens with zero attached hydrogens (tertiary/aromatic N) is 2.